The topological polar surface area (TPSA) is 26.0 Å². The normalized spacial score (nSPS) is 12.8. The summed E-state index contributed by atoms with van der Waals surface area (Å²) in [7, 11) is 0. The van der Waals surface area contributed by atoms with Crippen LogP contribution in [0.25, 0.3) is 0 Å². The third kappa shape index (κ3) is 3.06. The summed E-state index contributed by atoms with van der Waals surface area (Å²) in [6.07, 6.45) is 0. The molecule has 0 aliphatic rings. The molecule has 1 aromatic carbocycles. The third-order valence-corrected chi connectivity index (χ3v) is 6.05. The quantitative estimate of drug-likeness (QED) is 0.676. The maximum atomic E-state index is 6.18. The number of benzene rings is 1. The summed E-state index contributed by atoms with van der Waals surface area (Å²) < 4.78 is 1.74. The number of thiophene rings is 1. The highest BCUT2D eigenvalue weighted by atomic mass is 79.9. The Balaban J connectivity index is 2.36. The van der Waals surface area contributed by atoms with Crippen molar-refractivity contribution in [2.45, 2.75) is 6.04 Å². The molecule has 2 aromatic rings. The number of hydrogen-bond donors (Lipinski definition) is 1. The fraction of sp³-hybridized carbons (Fsp3) is 0.0909. The summed E-state index contributed by atoms with van der Waals surface area (Å²) in [6.45, 7) is 0. The molecule has 0 amide bonds. The van der Waals surface area contributed by atoms with Crippen LogP contribution in [0.15, 0.2) is 32.5 Å². The highest BCUT2D eigenvalue weighted by Crippen LogP contribution is 2.37. The van der Waals surface area contributed by atoms with Crippen molar-refractivity contribution in [3.63, 3.8) is 0 Å². The van der Waals surface area contributed by atoms with Gasteiger partial charge in [-0.25, -0.2) is 0 Å². The number of hydrogen-bond acceptors (Lipinski definition) is 2. The maximum absolute atomic E-state index is 6.18. The predicted octanol–water partition coefficient (Wildman–Crippen LogP) is 5.63. The molecule has 17 heavy (non-hydrogen) atoms. The van der Waals surface area contributed by atoms with Crippen LogP contribution >= 0.6 is 66.4 Å². The SMILES string of the molecule is NC(c1ccc(Cl)c(Br)c1)c1cc(Cl)c(Br)s1. The van der Waals surface area contributed by atoms with E-state index in [1.807, 2.05) is 24.3 Å². The molecule has 0 bridgehead atoms. The van der Waals surface area contributed by atoms with Gasteiger partial charge in [0.15, 0.2) is 0 Å². The van der Waals surface area contributed by atoms with Gasteiger partial charge < -0.3 is 5.73 Å². The summed E-state index contributed by atoms with van der Waals surface area (Å²) in [5.74, 6) is 0. The summed E-state index contributed by atoms with van der Waals surface area (Å²) in [4.78, 5) is 1.01. The van der Waals surface area contributed by atoms with E-state index in [0.29, 0.717) is 10.0 Å². The molecule has 0 aliphatic heterocycles. The molecule has 0 fully saturated rings. The Hall–Kier alpha value is 0.420. The molecule has 2 rings (SSSR count). The Labute approximate surface area is 130 Å². The smallest absolute Gasteiger partial charge is 0.0888 e. The summed E-state index contributed by atoms with van der Waals surface area (Å²) in [6, 6.07) is 7.35. The zero-order valence-corrected chi connectivity index (χ0v) is 13.9. The van der Waals surface area contributed by atoms with Crippen LogP contribution < -0.4 is 5.73 Å². The van der Waals surface area contributed by atoms with Gasteiger partial charge in [0, 0.05) is 9.35 Å². The van der Waals surface area contributed by atoms with Crippen LogP contribution in [0.5, 0.6) is 0 Å². The summed E-state index contributed by atoms with van der Waals surface area (Å²) in [5, 5.41) is 1.36. The predicted molar refractivity (Wildman–Crippen MR) is 82.2 cm³/mol. The van der Waals surface area contributed by atoms with Gasteiger partial charge in [-0.3, -0.25) is 0 Å². The third-order valence-electron chi connectivity index (χ3n) is 2.27. The second kappa shape index (κ2) is 5.59. The lowest BCUT2D eigenvalue weighted by Crippen LogP contribution is -2.09. The summed E-state index contributed by atoms with van der Waals surface area (Å²) >= 11 is 20.3. The first-order valence-corrected chi connectivity index (χ1v) is 7.80. The van der Waals surface area contributed by atoms with Crippen LogP contribution in [0.3, 0.4) is 0 Å². The minimum absolute atomic E-state index is 0.197. The fourth-order valence-corrected chi connectivity index (χ4v) is 3.68. The molecule has 0 saturated heterocycles. The molecular weight excluding hydrogens is 409 g/mol. The van der Waals surface area contributed by atoms with E-state index in [2.05, 4.69) is 31.9 Å². The standard InChI is InChI=1S/C11H7Br2Cl2NS/c12-6-3-5(1-2-7(6)14)10(16)9-4-8(15)11(13)17-9/h1-4,10H,16H2. The highest BCUT2D eigenvalue weighted by Gasteiger charge is 2.14. The van der Waals surface area contributed by atoms with Crippen molar-refractivity contribution >= 4 is 66.4 Å². The van der Waals surface area contributed by atoms with Gasteiger partial charge in [0.25, 0.3) is 0 Å². The maximum Gasteiger partial charge on any atom is 0.0888 e. The van der Waals surface area contributed by atoms with E-state index in [0.717, 1.165) is 18.7 Å². The zero-order chi connectivity index (χ0) is 12.6. The molecule has 1 unspecified atom stereocenters. The zero-order valence-electron chi connectivity index (χ0n) is 8.38. The second-order valence-electron chi connectivity index (χ2n) is 3.42. The van der Waals surface area contributed by atoms with Gasteiger partial charge in [0.1, 0.15) is 0 Å². The molecule has 1 aromatic heterocycles. The van der Waals surface area contributed by atoms with Crippen molar-refractivity contribution in [1.82, 2.24) is 0 Å². The van der Waals surface area contributed by atoms with E-state index in [1.54, 1.807) is 0 Å². The van der Waals surface area contributed by atoms with Crippen LogP contribution in [0, 0.1) is 0 Å². The van der Waals surface area contributed by atoms with Crippen LogP contribution in [-0.4, -0.2) is 0 Å². The van der Waals surface area contributed by atoms with Gasteiger partial charge >= 0.3 is 0 Å². The molecule has 2 N–H and O–H groups in total. The van der Waals surface area contributed by atoms with Gasteiger partial charge in [-0.05, 0) is 55.6 Å². The largest absolute Gasteiger partial charge is 0.320 e. The molecule has 1 atom stereocenters. The monoisotopic (exact) mass is 413 g/mol. The van der Waals surface area contributed by atoms with Gasteiger partial charge in [-0.15, -0.1) is 11.3 Å². The first-order valence-electron chi connectivity index (χ1n) is 4.64. The van der Waals surface area contributed by atoms with Crippen molar-refractivity contribution in [2.75, 3.05) is 0 Å². The Kier molecular flexibility index (Phi) is 4.55. The molecule has 0 spiro atoms. The Morgan fingerprint density at radius 1 is 1.12 bits per heavy atom. The van der Waals surface area contributed by atoms with E-state index in [-0.39, 0.29) is 6.04 Å². The summed E-state index contributed by atoms with van der Waals surface area (Å²) in [5.41, 5.74) is 7.18. The van der Waals surface area contributed by atoms with Crippen LogP contribution in [-0.2, 0) is 0 Å². The lowest BCUT2D eigenvalue weighted by Gasteiger charge is -2.10. The number of rotatable bonds is 2. The van der Waals surface area contributed by atoms with Gasteiger partial charge in [0.05, 0.1) is 19.9 Å². The Bertz CT molecular complexity index is 537. The molecular formula is C11H7Br2Cl2NS. The van der Waals surface area contributed by atoms with Gasteiger partial charge in [0.2, 0.25) is 0 Å². The molecule has 6 heteroatoms. The van der Waals surface area contributed by atoms with Crippen molar-refractivity contribution in [1.29, 1.82) is 0 Å². The molecule has 0 aliphatic carbocycles. The molecule has 90 valence electrons. The van der Waals surface area contributed by atoms with Crippen LogP contribution in [0.4, 0.5) is 0 Å². The molecule has 1 nitrogen and oxygen atoms in total. The first-order chi connectivity index (χ1) is 7.99. The number of nitrogens with two attached hydrogens (primary N) is 1. The van der Waals surface area contributed by atoms with Gasteiger partial charge in [-0.1, -0.05) is 29.3 Å². The Morgan fingerprint density at radius 2 is 1.82 bits per heavy atom. The molecule has 0 radical (unpaired) electrons. The van der Waals surface area contributed by atoms with Gasteiger partial charge in [-0.2, -0.15) is 0 Å². The van der Waals surface area contributed by atoms with E-state index in [4.69, 9.17) is 28.9 Å². The molecule has 0 saturated carbocycles. The lowest BCUT2D eigenvalue weighted by atomic mass is 10.1. The van der Waals surface area contributed by atoms with E-state index >= 15 is 0 Å². The minimum atomic E-state index is -0.197. The minimum Gasteiger partial charge on any atom is -0.320 e. The number of halogens is 4. The molecule has 1 heterocycles. The van der Waals surface area contributed by atoms with E-state index in [1.165, 1.54) is 11.3 Å². The average molecular weight is 416 g/mol. The lowest BCUT2D eigenvalue weighted by molar-refractivity contribution is 0.892. The van der Waals surface area contributed by atoms with E-state index < -0.39 is 0 Å². The second-order valence-corrected chi connectivity index (χ2v) is 7.49. The first kappa shape index (κ1) is 13.8. The fourth-order valence-electron chi connectivity index (χ4n) is 1.39. The van der Waals surface area contributed by atoms with Crippen molar-refractivity contribution < 1.29 is 0 Å². The van der Waals surface area contributed by atoms with E-state index in [9.17, 15) is 0 Å². The van der Waals surface area contributed by atoms with Crippen LogP contribution in [0.2, 0.25) is 10.0 Å². The van der Waals surface area contributed by atoms with Crippen molar-refractivity contribution in [2.24, 2.45) is 5.73 Å². The van der Waals surface area contributed by atoms with Crippen LogP contribution in [0.1, 0.15) is 16.5 Å². The highest BCUT2D eigenvalue weighted by molar-refractivity contribution is 9.11. The van der Waals surface area contributed by atoms with Crippen molar-refractivity contribution in [3.8, 4) is 0 Å². The Morgan fingerprint density at radius 3 is 2.35 bits per heavy atom. The van der Waals surface area contributed by atoms with Crippen molar-refractivity contribution in [3.05, 3.63) is 53.0 Å². The average Bonchev–Trinajstić information content (AvgIpc) is 2.62.